The third kappa shape index (κ3) is 4.26. The van der Waals surface area contributed by atoms with Gasteiger partial charge < -0.3 is 14.7 Å². The zero-order valence-electron chi connectivity index (χ0n) is 12.1. The van der Waals surface area contributed by atoms with Gasteiger partial charge in [0.1, 0.15) is 4.88 Å². The molecule has 108 valence electrons. The van der Waals surface area contributed by atoms with Crippen LogP contribution in [-0.4, -0.2) is 54.3 Å². The third-order valence-electron chi connectivity index (χ3n) is 2.66. The highest BCUT2D eigenvalue weighted by Crippen LogP contribution is 2.27. The molecule has 0 bridgehead atoms. The van der Waals surface area contributed by atoms with Gasteiger partial charge in [-0.2, -0.15) is 0 Å². The van der Waals surface area contributed by atoms with E-state index in [1.807, 2.05) is 20.8 Å². The Labute approximate surface area is 118 Å². The summed E-state index contributed by atoms with van der Waals surface area (Å²) >= 11 is 1.34. The molecule has 0 aromatic carbocycles. The second-order valence-electron chi connectivity index (χ2n) is 5.57. The number of aliphatic hydroxyl groups excluding tert-OH is 1. The SMILES string of the molecule is COCC(O)CN(C)C(=O)c1scnc1C(C)(C)C. The van der Waals surface area contributed by atoms with E-state index in [1.54, 1.807) is 12.6 Å². The van der Waals surface area contributed by atoms with E-state index < -0.39 is 6.10 Å². The standard InChI is InChI=1S/C13H22N2O3S/c1-13(2,3)11-10(19-8-14-11)12(17)15(4)6-9(16)7-18-5/h8-9,16H,6-7H2,1-5H3. The Hall–Kier alpha value is -0.980. The molecule has 0 radical (unpaired) electrons. The van der Waals surface area contributed by atoms with Crippen molar-refractivity contribution in [1.82, 2.24) is 9.88 Å². The van der Waals surface area contributed by atoms with Crippen LogP contribution in [0.4, 0.5) is 0 Å². The fraction of sp³-hybridized carbons (Fsp3) is 0.692. The predicted molar refractivity (Wildman–Crippen MR) is 75.7 cm³/mol. The fourth-order valence-electron chi connectivity index (χ4n) is 1.75. The van der Waals surface area contributed by atoms with Gasteiger partial charge in [-0.05, 0) is 0 Å². The highest BCUT2D eigenvalue weighted by molar-refractivity contribution is 7.11. The Morgan fingerprint density at radius 1 is 1.58 bits per heavy atom. The van der Waals surface area contributed by atoms with Crippen molar-refractivity contribution in [2.75, 3.05) is 27.3 Å². The molecule has 1 aromatic rings. The van der Waals surface area contributed by atoms with Crippen LogP contribution in [0.25, 0.3) is 0 Å². The average Bonchev–Trinajstić information content (AvgIpc) is 2.76. The maximum Gasteiger partial charge on any atom is 0.265 e. The minimum atomic E-state index is -0.676. The molecule has 1 aromatic heterocycles. The Morgan fingerprint density at radius 3 is 2.74 bits per heavy atom. The number of hydrogen-bond acceptors (Lipinski definition) is 5. The first-order valence-corrected chi connectivity index (χ1v) is 7.01. The van der Waals surface area contributed by atoms with Crippen LogP contribution in [-0.2, 0) is 10.2 Å². The summed E-state index contributed by atoms with van der Waals surface area (Å²) in [5.74, 6) is -0.109. The first kappa shape index (κ1) is 16.1. The van der Waals surface area contributed by atoms with Gasteiger partial charge in [-0.3, -0.25) is 4.79 Å². The van der Waals surface area contributed by atoms with Gasteiger partial charge in [0.05, 0.1) is 23.9 Å². The van der Waals surface area contributed by atoms with Crippen LogP contribution in [0, 0.1) is 0 Å². The molecule has 0 aliphatic carbocycles. The molecule has 0 saturated heterocycles. The van der Waals surface area contributed by atoms with E-state index >= 15 is 0 Å². The van der Waals surface area contributed by atoms with Gasteiger partial charge in [-0.25, -0.2) is 4.98 Å². The predicted octanol–water partition coefficient (Wildman–Crippen LogP) is 1.52. The molecule has 0 aliphatic heterocycles. The molecule has 0 spiro atoms. The van der Waals surface area contributed by atoms with Gasteiger partial charge >= 0.3 is 0 Å². The Kier molecular flexibility index (Phi) is 5.46. The van der Waals surface area contributed by atoms with E-state index in [1.165, 1.54) is 23.3 Å². The molecule has 1 heterocycles. The number of rotatable bonds is 5. The summed E-state index contributed by atoms with van der Waals surface area (Å²) in [7, 11) is 3.19. The number of aromatic nitrogens is 1. The number of aliphatic hydroxyl groups is 1. The molecule has 1 unspecified atom stereocenters. The van der Waals surface area contributed by atoms with Gasteiger partial charge in [-0.15, -0.1) is 11.3 Å². The van der Waals surface area contributed by atoms with Crippen molar-refractivity contribution in [2.24, 2.45) is 0 Å². The number of carbonyl (C=O) groups excluding carboxylic acids is 1. The van der Waals surface area contributed by atoms with Crippen molar-refractivity contribution < 1.29 is 14.6 Å². The summed E-state index contributed by atoms with van der Waals surface area (Å²) < 4.78 is 4.86. The van der Waals surface area contributed by atoms with Crippen molar-refractivity contribution in [3.05, 3.63) is 16.1 Å². The first-order valence-electron chi connectivity index (χ1n) is 6.13. The van der Waals surface area contributed by atoms with Crippen LogP contribution in [0.1, 0.15) is 36.1 Å². The Morgan fingerprint density at radius 2 is 2.21 bits per heavy atom. The molecular formula is C13H22N2O3S. The number of carbonyl (C=O) groups is 1. The van der Waals surface area contributed by atoms with Crippen molar-refractivity contribution in [3.8, 4) is 0 Å². The minimum Gasteiger partial charge on any atom is -0.389 e. The van der Waals surface area contributed by atoms with E-state index in [-0.39, 0.29) is 24.5 Å². The van der Waals surface area contributed by atoms with Crippen LogP contribution in [0.2, 0.25) is 0 Å². The molecular weight excluding hydrogens is 264 g/mol. The largest absolute Gasteiger partial charge is 0.389 e. The number of hydrogen-bond donors (Lipinski definition) is 1. The highest BCUT2D eigenvalue weighted by Gasteiger charge is 2.27. The van der Waals surface area contributed by atoms with Crippen LogP contribution < -0.4 is 0 Å². The van der Waals surface area contributed by atoms with Gasteiger partial charge in [0.15, 0.2) is 0 Å². The maximum atomic E-state index is 12.4. The maximum absolute atomic E-state index is 12.4. The topological polar surface area (TPSA) is 62.7 Å². The summed E-state index contributed by atoms with van der Waals surface area (Å²) in [5.41, 5.74) is 2.32. The lowest BCUT2D eigenvalue weighted by Crippen LogP contribution is -2.36. The van der Waals surface area contributed by atoms with Gasteiger partial charge in [0.2, 0.25) is 0 Å². The molecule has 1 atom stereocenters. The summed E-state index contributed by atoms with van der Waals surface area (Å²) in [6, 6.07) is 0. The molecule has 19 heavy (non-hydrogen) atoms. The fourth-order valence-corrected chi connectivity index (χ4v) is 2.74. The highest BCUT2D eigenvalue weighted by atomic mass is 32.1. The van der Waals surface area contributed by atoms with Crippen LogP contribution in [0.3, 0.4) is 0 Å². The van der Waals surface area contributed by atoms with Crippen molar-refractivity contribution in [1.29, 1.82) is 0 Å². The number of nitrogens with zero attached hydrogens (tertiary/aromatic N) is 2. The van der Waals surface area contributed by atoms with Gasteiger partial charge in [0, 0.05) is 26.1 Å². The minimum absolute atomic E-state index is 0.109. The van der Waals surface area contributed by atoms with E-state index in [2.05, 4.69) is 4.98 Å². The molecule has 0 saturated carbocycles. The third-order valence-corrected chi connectivity index (χ3v) is 3.48. The lowest BCUT2D eigenvalue weighted by atomic mass is 9.91. The van der Waals surface area contributed by atoms with Crippen LogP contribution in [0.5, 0.6) is 0 Å². The van der Waals surface area contributed by atoms with E-state index in [9.17, 15) is 9.90 Å². The molecule has 1 amide bonds. The van der Waals surface area contributed by atoms with Crippen molar-refractivity contribution in [3.63, 3.8) is 0 Å². The summed E-state index contributed by atoms with van der Waals surface area (Å²) in [5, 5.41) is 9.66. The second-order valence-corrected chi connectivity index (χ2v) is 6.43. The van der Waals surface area contributed by atoms with E-state index in [0.29, 0.717) is 4.88 Å². The Bertz CT molecular complexity index is 426. The zero-order valence-corrected chi connectivity index (χ0v) is 13.0. The summed E-state index contributed by atoms with van der Waals surface area (Å²) in [6.45, 7) is 6.54. The Balaban J connectivity index is 2.81. The zero-order chi connectivity index (χ0) is 14.6. The van der Waals surface area contributed by atoms with E-state index in [4.69, 9.17) is 4.74 Å². The molecule has 6 heteroatoms. The number of methoxy groups -OCH3 is 1. The smallest absolute Gasteiger partial charge is 0.265 e. The second kappa shape index (κ2) is 6.45. The normalized spacial score (nSPS) is 13.4. The van der Waals surface area contributed by atoms with Gasteiger partial charge in [0.25, 0.3) is 5.91 Å². The molecule has 5 nitrogen and oxygen atoms in total. The number of thiazole rings is 1. The number of likely N-dealkylation sites (N-methyl/N-ethyl adjacent to an activating group) is 1. The lowest BCUT2D eigenvalue weighted by molar-refractivity contribution is 0.0381. The molecule has 1 rings (SSSR count). The monoisotopic (exact) mass is 286 g/mol. The molecule has 1 N–H and O–H groups in total. The molecule has 0 aliphatic rings. The average molecular weight is 286 g/mol. The van der Waals surface area contributed by atoms with Crippen LogP contribution in [0.15, 0.2) is 5.51 Å². The summed E-state index contributed by atoms with van der Waals surface area (Å²) in [4.78, 5) is 18.8. The van der Waals surface area contributed by atoms with Crippen LogP contribution >= 0.6 is 11.3 Å². The number of ether oxygens (including phenoxy) is 1. The lowest BCUT2D eigenvalue weighted by Gasteiger charge is -2.22. The molecule has 0 fully saturated rings. The first-order chi connectivity index (χ1) is 8.77. The van der Waals surface area contributed by atoms with Crippen molar-refractivity contribution in [2.45, 2.75) is 32.3 Å². The van der Waals surface area contributed by atoms with Crippen molar-refractivity contribution >= 4 is 17.2 Å². The number of amides is 1. The van der Waals surface area contributed by atoms with Gasteiger partial charge in [-0.1, -0.05) is 20.8 Å². The van der Waals surface area contributed by atoms with E-state index in [0.717, 1.165) is 5.69 Å². The quantitative estimate of drug-likeness (QED) is 0.891. The summed E-state index contributed by atoms with van der Waals surface area (Å²) in [6.07, 6.45) is -0.676.